The number of pyridine rings is 1. The summed E-state index contributed by atoms with van der Waals surface area (Å²) in [6.45, 7) is 3.82. The number of benzene rings is 2. The number of methoxy groups -OCH3 is 1. The molecule has 1 amide bonds. The molecule has 1 atom stereocenters. The van der Waals surface area contributed by atoms with E-state index in [0.29, 0.717) is 39.9 Å². The van der Waals surface area contributed by atoms with Crippen molar-refractivity contribution in [3.63, 3.8) is 0 Å². The molecule has 0 aliphatic carbocycles. The molecule has 0 bridgehead atoms. The van der Waals surface area contributed by atoms with Crippen LogP contribution in [-0.4, -0.2) is 24.1 Å². The Hall–Kier alpha value is -2.89. The van der Waals surface area contributed by atoms with E-state index in [2.05, 4.69) is 10.3 Å². The third-order valence-corrected chi connectivity index (χ3v) is 4.70. The molecule has 5 nitrogen and oxygen atoms in total. The van der Waals surface area contributed by atoms with Gasteiger partial charge in [-0.3, -0.25) is 9.78 Å². The molecule has 150 valence electrons. The van der Waals surface area contributed by atoms with Gasteiger partial charge in [0.05, 0.1) is 17.4 Å². The molecule has 3 aromatic rings. The van der Waals surface area contributed by atoms with Crippen LogP contribution in [0.15, 0.2) is 60.7 Å². The summed E-state index contributed by atoms with van der Waals surface area (Å²) in [5.74, 6) is 1.16. The predicted molar refractivity (Wildman–Crippen MR) is 115 cm³/mol. The van der Waals surface area contributed by atoms with Crippen molar-refractivity contribution in [2.24, 2.45) is 0 Å². The van der Waals surface area contributed by atoms with Crippen LogP contribution in [0.25, 0.3) is 0 Å². The number of hydrogen-bond acceptors (Lipinski definition) is 4. The first-order valence-corrected chi connectivity index (χ1v) is 9.66. The lowest BCUT2D eigenvalue weighted by atomic mass is 10.1. The molecule has 0 saturated heterocycles. The van der Waals surface area contributed by atoms with Gasteiger partial charge in [0, 0.05) is 29.9 Å². The number of carbonyl (C=O) groups excluding carboxylic acids is 1. The number of ether oxygens (including phenoxy) is 2. The van der Waals surface area contributed by atoms with Gasteiger partial charge in [-0.2, -0.15) is 0 Å². The average Bonchev–Trinajstić information content (AvgIpc) is 2.71. The molecule has 0 aliphatic heterocycles. The predicted octanol–water partition coefficient (Wildman–Crippen LogP) is 5.67. The fourth-order valence-corrected chi connectivity index (χ4v) is 2.91. The fourth-order valence-electron chi connectivity index (χ4n) is 2.79. The molecule has 0 fully saturated rings. The minimum absolute atomic E-state index is 0.0789. The van der Waals surface area contributed by atoms with E-state index in [1.807, 2.05) is 19.9 Å². The van der Waals surface area contributed by atoms with Crippen molar-refractivity contribution in [2.75, 3.05) is 12.4 Å². The Morgan fingerprint density at radius 3 is 2.24 bits per heavy atom. The summed E-state index contributed by atoms with van der Waals surface area (Å²) in [5.41, 5.74) is 2.80. The lowest BCUT2D eigenvalue weighted by molar-refractivity contribution is 0.102. The number of hydrogen-bond donors (Lipinski definition) is 1. The highest BCUT2D eigenvalue weighted by Gasteiger charge is 2.12. The Kier molecular flexibility index (Phi) is 6.86. The molecular formula is C23H23ClN2O3. The lowest BCUT2D eigenvalue weighted by Crippen LogP contribution is -2.16. The summed E-state index contributed by atoms with van der Waals surface area (Å²) in [4.78, 5) is 17.1. The zero-order valence-electron chi connectivity index (χ0n) is 16.6. The topological polar surface area (TPSA) is 60.5 Å². The van der Waals surface area contributed by atoms with Gasteiger partial charge in [0.25, 0.3) is 5.91 Å². The smallest absolute Gasteiger partial charge is 0.257 e. The normalized spacial score (nSPS) is 11.7. The van der Waals surface area contributed by atoms with Gasteiger partial charge in [-0.05, 0) is 74.5 Å². The molecule has 0 saturated carbocycles. The number of aryl methyl sites for hydroxylation is 1. The summed E-state index contributed by atoms with van der Waals surface area (Å²) in [6.07, 6.45) is 0.782. The highest BCUT2D eigenvalue weighted by Crippen LogP contribution is 2.24. The van der Waals surface area contributed by atoms with Gasteiger partial charge in [0.2, 0.25) is 0 Å². The molecular weight excluding hydrogens is 388 g/mol. The van der Waals surface area contributed by atoms with Crippen molar-refractivity contribution in [1.82, 2.24) is 4.98 Å². The lowest BCUT2D eigenvalue weighted by Gasteiger charge is -2.12. The first kappa shape index (κ1) is 20.8. The molecule has 29 heavy (non-hydrogen) atoms. The zero-order valence-corrected chi connectivity index (χ0v) is 17.4. The van der Waals surface area contributed by atoms with Crippen LogP contribution in [0, 0.1) is 6.92 Å². The number of aromatic nitrogens is 1. The summed E-state index contributed by atoms with van der Waals surface area (Å²) < 4.78 is 11.0. The minimum Gasteiger partial charge on any atom is -0.457 e. The number of nitrogens with zero attached hydrogens (tertiary/aromatic N) is 1. The van der Waals surface area contributed by atoms with Gasteiger partial charge >= 0.3 is 0 Å². The zero-order chi connectivity index (χ0) is 20.8. The van der Waals surface area contributed by atoms with Crippen LogP contribution in [0.5, 0.6) is 11.5 Å². The van der Waals surface area contributed by atoms with E-state index >= 15 is 0 Å². The van der Waals surface area contributed by atoms with Gasteiger partial charge in [-0.15, -0.1) is 0 Å². The number of anilines is 1. The first-order valence-electron chi connectivity index (χ1n) is 9.29. The summed E-state index contributed by atoms with van der Waals surface area (Å²) in [6, 6.07) is 18.0. The highest BCUT2D eigenvalue weighted by atomic mass is 35.5. The molecule has 0 spiro atoms. The van der Waals surface area contributed by atoms with E-state index in [-0.39, 0.29) is 12.0 Å². The Labute approximate surface area is 175 Å². The van der Waals surface area contributed by atoms with Crippen LogP contribution >= 0.6 is 11.6 Å². The Morgan fingerprint density at radius 2 is 1.66 bits per heavy atom. The molecule has 0 aliphatic rings. The first-order chi connectivity index (χ1) is 13.9. The average molecular weight is 411 g/mol. The molecule has 3 rings (SSSR count). The maximum atomic E-state index is 12.6. The Balaban J connectivity index is 1.63. The molecule has 1 N–H and O–H groups in total. The van der Waals surface area contributed by atoms with E-state index in [1.54, 1.807) is 61.7 Å². The molecule has 0 radical (unpaired) electrons. The van der Waals surface area contributed by atoms with Gasteiger partial charge < -0.3 is 14.8 Å². The summed E-state index contributed by atoms with van der Waals surface area (Å²) in [7, 11) is 1.67. The van der Waals surface area contributed by atoms with Crippen LogP contribution in [0.2, 0.25) is 5.02 Å². The summed E-state index contributed by atoms with van der Waals surface area (Å²) in [5, 5.41) is 3.55. The van der Waals surface area contributed by atoms with Crippen LogP contribution in [0.4, 0.5) is 5.69 Å². The van der Waals surface area contributed by atoms with Gasteiger partial charge in [-0.25, -0.2) is 0 Å². The molecule has 1 aromatic heterocycles. The molecule has 2 aromatic carbocycles. The second-order valence-electron chi connectivity index (χ2n) is 6.72. The maximum absolute atomic E-state index is 12.6. The second kappa shape index (κ2) is 9.54. The van der Waals surface area contributed by atoms with Gasteiger partial charge in [-0.1, -0.05) is 11.6 Å². The SMILES string of the molecule is COC(C)Cc1ccc(C(=O)Nc2ccc(Oc3ccc(Cl)cc3)cc2)c(C)n1. The quantitative estimate of drug-likeness (QED) is 0.545. The minimum atomic E-state index is -0.201. The van der Waals surface area contributed by atoms with Crippen LogP contribution in [0.1, 0.15) is 28.7 Å². The third kappa shape index (κ3) is 5.79. The van der Waals surface area contributed by atoms with Crippen molar-refractivity contribution >= 4 is 23.2 Å². The van der Waals surface area contributed by atoms with Crippen molar-refractivity contribution in [2.45, 2.75) is 26.4 Å². The van der Waals surface area contributed by atoms with E-state index in [0.717, 1.165) is 5.69 Å². The molecule has 6 heteroatoms. The number of halogens is 1. The number of amides is 1. The van der Waals surface area contributed by atoms with E-state index in [4.69, 9.17) is 21.1 Å². The summed E-state index contributed by atoms with van der Waals surface area (Å²) >= 11 is 5.88. The number of nitrogens with one attached hydrogen (secondary N) is 1. The Bertz CT molecular complexity index is 972. The standard InChI is InChI=1S/C23H23ClN2O3/c1-15(28-3)14-19-8-13-22(16(2)25-19)23(27)26-18-6-11-21(12-7-18)29-20-9-4-17(24)5-10-20/h4-13,15H,14H2,1-3H3,(H,26,27). The number of rotatable bonds is 7. The van der Waals surface area contributed by atoms with E-state index < -0.39 is 0 Å². The third-order valence-electron chi connectivity index (χ3n) is 4.45. The van der Waals surface area contributed by atoms with Crippen LogP contribution in [0.3, 0.4) is 0 Å². The van der Waals surface area contributed by atoms with Crippen molar-refractivity contribution in [3.05, 3.63) is 82.6 Å². The molecule has 1 unspecified atom stereocenters. The maximum Gasteiger partial charge on any atom is 0.257 e. The van der Waals surface area contributed by atoms with Crippen molar-refractivity contribution in [1.29, 1.82) is 0 Å². The monoisotopic (exact) mass is 410 g/mol. The largest absolute Gasteiger partial charge is 0.457 e. The fraction of sp³-hybridized carbons (Fsp3) is 0.217. The highest BCUT2D eigenvalue weighted by molar-refractivity contribution is 6.30. The van der Waals surface area contributed by atoms with E-state index in [1.165, 1.54) is 0 Å². The van der Waals surface area contributed by atoms with Crippen molar-refractivity contribution in [3.8, 4) is 11.5 Å². The van der Waals surface area contributed by atoms with E-state index in [9.17, 15) is 4.79 Å². The molecule has 1 heterocycles. The van der Waals surface area contributed by atoms with Gasteiger partial charge in [0.15, 0.2) is 0 Å². The number of carbonyl (C=O) groups is 1. The van der Waals surface area contributed by atoms with Crippen molar-refractivity contribution < 1.29 is 14.3 Å². The Morgan fingerprint density at radius 1 is 1.03 bits per heavy atom. The van der Waals surface area contributed by atoms with Crippen LogP contribution < -0.4 is 10.1 Å². The second-order valence-corrected chi connectivity index (χ2v) is 7.16. The van der Waals surface area contributed by atoms with Crippen LogP contribution in [-0.2, 0) is 11.2 Å². The van der Waals surface area contributed by atoms with Gasteiger partial charge in [0.1, 0.15) is 11.5 Å².